The number of alkyl halides is 3. The van der Waals surface area contributed by atoms with Crippen molar-refractivity contribution in [2.75, 3.05) is 25.1 Å². The molecule has 118 valence electrons. The van der Waals surface area contributed by atoms with E-state index in [1.807, 2.05) is 13.8 Å². The molecule has 1 rings (SSSR count). The van der Waals surface area contributed by atoms with Crippen molar-refractivity contribution in [3.8, 4) is 0 Å². The summed E-state index contributed by atoms with van der Waals surface area (Å²) < 4.78 is 43.1. The number of amides is 1. The third kappa shape index (κ3) is 5.58. The average molecular weight is 305 g/mol. The summed E-state index contributed by atoms with van der Waals surface area (Å²) in [5.41, 5.74) is 3.94. The Morgan fingerprint density at radius 2 is 2.10 bits per heavy atom. The van der Waals surface area contributed by atoms with E-state index >= 15 is 0 Å². The number of ether oxygens (including phenoxy) is 1. The Labute approximate surface area is 120 Å². The molecule has 8 heteroatoms. The van der Waals surface area contributed by atoms with Crippen molar-refractivity contribution < 1.29 is 22.7 Å². The number of nitrogens with one attached hydrogen (secondary N) is 1. The Balaban J connectivity index is 2.75. The first-order valence-corrected chi connectivity index (χ1v) is 6.41. The van der Waals surface area contributed by atoms with E-state index in [0.29, 0.717) is 12.5 Å². The lowest BCUT2D eigenvalue weighted by atomic mass is 10.2. The van der Waals surface area contributed by atoms with Crippen LogP contribution in [0.2, 0.25) is 0 Å². The number of rotatable bonds is 7. The maximum atomic E-state index is 12.6. The van der Waals surface area contributed by atoms with E-state index in [1.54, 1.807) is 0 Å². The van der Waals surface area contributed by atoms with Gasteiger partial charge in [-0.2, -0.15) is 13.2 Å². The van der Waals surface area contributed by atoms with Crippen molar-refractivity contribution in [1.82, 2.24) is 4.98 Å². The standard InChI is InChI=1S/C13H18F3N3O2/c1-8(2)7-21-6-5-18-12-9(11(17)20)3-4-10(19-12)13(14,15)16/h3-4,8H,5-7H2,1-2H3,(H2,17,20)(H,18,19). The van der Waals surface area contributed by atoms with Crippen LogP contribution >= 0.6 is 0 Å². The van der Waals surface area contributed by atoms with Crippen LogP contribution in [0.4, 0.5) is 19.0 Å². The highest BCUT2D eigenvalue weighted by atomic mass is 19.4. The normalized spacial score (nSPS) is 11.7. The zero-order valence-corrected chi connectivity index (χ0v) is 11.8. The number of nitrogens with two attached hydrogens (primary N) is 1. The molecule has 1 aromatic heterocycles. The molecule has 0 atom stereocenters. The van der Waals surface area contributed by atoms with Crippen LogP contribution in [0.15, 0.2) is 12.1 Å². The summed E-state index contributed by atoms with van der Waals surface area (Å²) in [6, 6.07) is 1.73. The molecule has 1 aromatic rings. The lowest BCUT2D eigenvalue weighted by Gasteiger charge is -2.13. The molecule has 0 spiro atoms. The topological polar surface area (TPSA) is 77.2 Å². The number of aromatic nitrogens is 1. The van der Waals surface area contributed by atoms with Gasteiger partial charge in [0.25, 0.3) is 5.91 Å². The van der Waals surface area contributed by atoms with E-state index < -0.39 is 17.8 Å². The second-order valence-corrected chi connectivity index (χ2v) is 4.85. The average Bonchev–Trinajstić information content (AvgIpc) is 2.36. The highest BCUT2D eigenvalue weighted by molar-refractivity contribution is 5.97. The predicted octanol–water partition coefficient (Wildman–Crippen LogP) is 2.28. The van der Waals surface area contributed by atoms with E-state index in [4.69, 9.17) is 10.5 Å². The predicted molar refractivity (Wildman–Crippen MR) is 71.9 cm³/mol. The minimum absolute atomic E-state index is 0.0909. The summed E-state index contributed by atoms with van der Waals surface area (Å²) in [6.45, 7) is 5.01. The maximum Gasteiger partial charge on any atom is 0.433 e. The monoisotopic (exact) mass is 305 g/mol. The molecular weight excluding hydrogens is 287 g/mol. The zero-order valence-electron chi connectivity index (χ0n) is 11.8. The molecule has 3 N–H and O–H groups in total. The fourth-order valence-electron chi connectivity index (χ4n) is 1.51. The molecule has 0 aromatic carbocycles. The van der Waals surface area contributed by atoms with Crippen molar-refractivity contribution >= 4 is 11.7 Å². The first-order valence-electron chi connectivity index (χ1n) is 6.41. The van der Waals surface area contributed by atoms with Crippen LogP contribution in [0.5, 0.6) is 0 Å². The summed E-state index contributed by atoms with van der Waals surface area (Å²) in [6.07, 6.45) is -4.58. The van der Waals surface area contributed by atoms with Crippen molar-refractivity contribution in [2.24, 2.45) is 11.7 Å². The Kier molecular flexibility index (Phi) is 5.95. The Morgan fingerprint density at radius 3 is 2.62 bits per heavy atom. The number of anilines is 1. The minimum atomic E-state index is -4.58. The number of hydrogen-bond acceptors (Lipinski definition) is 4. The maximum absolute atomic E-state index is 12.6. The van der Waals surface area contributed by atoms with Gasteiger partial charge in [0.05, 0.1) is 12.2 Å². The van der Waals surface area contributed by atoms with Crippen molar-refractivity contribution in [3.63, 3.8) is 0 Å². The van der Waals surface area contributed by atoms with Crippen molar-refractivity contribution in [2.45, 2.75) is 20.0 Å². The lowest BCUT2D eigenvalue weighted by molar-refractivity contribution is -0.141. The van der Waals surface area contributed by atoms with Crippen molar-refractivity contribution in [1.29, 1.82) is 0 Å². The highest BCUT2D eigenvalue weighted by Crippen LogP contribution is 2.29. The third-order valence-corrected chi connectivity index (χ3v) is 2.44. The lowest BCUT2D eigenvalue weighted by Crippen LogP contribution is -2.20. The Hall–Kier alpha value is -1.83. The van der Waals surface area contributed by atoms with E-state index in [1.165, 1.54) is 0 Å². The number of carbonyl (C=O) groups excluding carboxylic acids is 1. The second kappa shape index (κ2) is 7.26. The molecule has 0 bridgehead atoms. The van der Waals surface area contributed by atoms with E-state index in [-0.39, 0.29) is 24.5 Å². The summed E-state index contributed by atoms with van der Waals surface area (Å²) in [7, 11) is 0. The fraction of sp³-hybridized carbons (Fsp3) is 0.538. The number of carbonyl (C=O) groups is 1. The first kappa shape index (κ1) is 17.2. The summed E-state index contributed by atoms with van der Waals surface area (Å²) in [5, 5.41) is 2.64. The van der Waals surface area contributed by atoms with E-state index in [9.17, 15) is 18.0 Å². The van der Waals surface area contributed by atoms with Gasteiger partial charge in [0, 0.05) is 13.2 Å². The number of hydrogen-bond donors (Lipinski definition) is 2. The van der Waals surface area contributed by atoms with Gasteiger partial charge < -0.3 is 15.8 Å². The molecule has 0 saturated carbocycles. The number of pyridine rings is 1. The van der Waals surface area contributed by atoms with Crippen LogP contribution in [-0.4, -0.2) is 30.6 Å². The molecule has 5 nitrogen and oxygen atoms in total. The number of nitrogens with zero attached hydrogens (tertiary/aromatic N) is 1. The van der Waals surface area contributed by atoms with E-state index in [2.05, 4.69) is 10.3 Å². The fourth-order valence-corrected chi connectivity index (χ4v) is 1.51. The van der Waals surface area contributed by atoms with Crippen LogP contribution in [0, 0.1) is 5.92 Å². The van der Waals surface area contributed by atoms with Gasteiger partial charge in [0.1, 0.15) is 11.5 Å². The van der Waals surface area contributed by atoms with Gasteiger partial charge in [0.2, 0.25) is 0 Å². The van der Waals surface area contributed by atoms with Crippen LogP contribution in [0.3, 0.4) is 0 Å². The van der Waals surface area contributed by atoms with Crippen LogP contribution in [-0.2, 0) is 10.9 Å². The minimum Gasteiger partial charge on any atom is -0.379 e. The first-order chi connectivity index (χ1) is 9.71. The third-order valence-electron chi connectivity index (χ3n) is 2.44. The molecule has 0 unspecified atom stereocenters. The molecule has 1 amide bonds. The molecule has 0 fully saturated rings. The Bertz CT molecular complexity index is 490. The largest absolute Gasteiger partial charge is 0.433 e. The summed E-state index contributed by atoms with van der Waals surface area (Å²) >= 11 is 0. The quantitative estimate of drug-likeness (QED) is 0.758. The second-order valence-electron chi connectivity index (χ2n) is 4.85. The number of primary amides is 1. The molecule has 21 heavy (non-hydrogen) atoms. The molecule has 0 aliphatic carbocycles. The van der Waals surface area contributed by atoms with Gasteiger partial charge in [-0.25, -0.2) is 4.98 Å². The molecule has 0 radical (unpaired) electrons. The van der Waals surface area contributed by atoms with Crippen LogP contribution in [0.1, 0.15) is 29.9 Å². The molecule has 0 aliphatic rings. The van der Waals surface area contributed by atoms with E-state index in [0.717, 1.165) is 12.1 Å². The van der Waals surface area contributed by atoms with Crippen LogP contribution in [0.25, 0.3) is 0 Å². The summed E-state index contributed by atoms with van der Waals surface area (Å²) in [5.74, 6) is -0.676. The SMILES string of the molecule is CC(C)COCCNc1nc(C(F)(F)F)ccc1C(N)=O. The molecule has 0 aliphatic heterocycles. The van der Waals surface area contributed by atoms with Gasteiger partial charge in [-0.15, -0.1) is 0 Å². The molecule has 1 heterocycles. The molecule has 0 saturated heterocycles. The van der Waals surface area contributed by atoms with Gasteiger partial charge >= 0.3 is 6.18 Å². The van der Waals surface area contributed by atoms with Crippen LogP contribution < -0.4 is 11.1 Å². The zero-order chi connectivity index (χ0) is 16.0. The van der Waals surface area contributed by atoms with Gasteiger partial charge in [0.15, 0.2) is 0 Å². The Morgan fingerprint density at radius 1 is 1.43 bits per heavy atom. The number of halogens is 3. The summed E-state index contributed by atoms with van der Waals surface area (Å²) in [4.78, 5) is 14.6. The van der Waals surface area contributed by atoms with Gasteiger partial charge in [-0.05, 0) is 18.1 Å². The molecular formula is C13H18F3N3O2. The smallest absolute Gasteiger partial charge is 0.379 e. The van der Waals surface area contributed by atoms with Gasteiger partial charge in [-0.1, -0.05) is 13.8 Å². The highest BCUT2D eigenvalue weighted by Gasteiger charge is 2.33. The van der Waals surface area contributed by atoms with Crippen molar-refractivity contribution in [3.05, 3.63) is 23.4 Å². The van der Waals surface area contributed by atoms with Gasteiger partial charge in [-0.3, -0.25) is 4.79 Å².